The van der Waals surface area contributed by atoms with Gasteiger partial charge < -0.3 is 10.6 Å². The number of halogens is 3. The van der Waals surface area contributed by atoms with Crippen LogP contribution in [0.3, 0.4) is 0 Å². The first-order valence-electron chi connectivity index (χ1n) is 12.6. The Morgan fingerprint density at radius 2 is 1.97 bits per heavy atom. The Morgan fingerprint density at radius 1 is 1.18 bits per heavy atom. The lowest BCUT2D eigenvalue weighted by Gasteiger charge is -2.34. The third-order valence-electron chi connectivity index (χ3n) is 7.44. The summed E-state index contributed by atoms with van der Waals surface area (Å²) >= 11 is 0. The van der Waals surface area contributed by atoms with Gasteiger partial charge in [0.2, 0.25) is 5.95 Å². The molecule has 2 aliphatic rings. The summed E-state index contributed by atoms with van der Waals surface area (Å²) in [7, 11) is 0. The number of pyridine rings is 1. The molecule has 0 bridgehead atoms. The molecule has 0 saturated heterocycles. The van der Waals surface area contributed by atoms with E-state index in [0.29, 0.717) is 23.2 Å². The molecule has 1 aliphatic heterocycles. The molecule has 1 saturated carbocycles. The van der Waals surface area contributed by atoms with Gasteiger partial charge in [-0.3, -0.25) is 9.78 Å². The number of rotatable bonds is 5. The van der Waals surface area contributed by atoms with E-state index in [0.717, 1.165) is 23.3 Å². The van der Waals surface area contributed by atoms with Gasteiger partial charge >= 0.3 is 6.18 Å². The summed E-state index contributed by atoms with van der Waals surface area (Å²) in [4.78, 5) is 26.1. The summed E-state index contributed by atoms with van der Waals surface area (Å²) in [6, 6.07) is 11.2. The number of hydrogen-bond donors (Lipinski definition) is 2. The molecule has 1 fully saturated rings. The first kappa shape index (κ1) is 25.1. The second kappa shape index (κ2) is 8.64. The highest BCUT2D eigenvalue weighted by Gasteiger charge is 2.46. The molecule has 39 heavy (non-hydrogen) atoms. The molecule has 12 heteroatoms. The van der Waals surface area contributed by atoms with E-state index in [2.05, 4.69) is 45.5 Å². The van der Waals surface area contributed by atoms with Gasteiger partial charge in [0.05, 0.1) is 22.9 Å². The molecule has 6 rings (SSSR count). The van der Waals surface area contributed by atoms with Crippen molar-refractivity contribution in [2.75, 3.05) is 11.9 Å². The summed E-state index contributed by atoms with van der Waals surface area (Å²) in [6.07, 6.45) is 0.0960. The molecule has 0 amide bonds. The fourth-order valence-corrected chi connectivity index (χ4v) is 5.25. The summed E-state index contributed by atoms with van der Waals surface area (Å²) in [5.41, 5.74) is 2.04. The van der Waals surface area contributed by atoms with E-state index in [4.69, 9.17) is 0 Å². The average molecular weight is 535 g/mol. The SMILES string of the molecule is CC1(C)NCCc2cc(Nc3ncc4c(=O)n(CC(F)(F)F)n(-c5ccnc(C6(C#N)CC6)c5)c4n3)ccc21. The topological polar surface area (TPSA) is 113 Å². The predicted molar refractivity (Wildman–Crippen MR) is 138 cm³/mol. The zero-order chi connectivity index (χ0) is 27.6. The Bertz CT molecular complexity index is 1710. The van der Waals surface area contributed by atoms with Gasteiger partial charge in [-0.1, -0.05) is 6.07 Å². The Balaban J connectivity index is 1.46. The second-order valence-corrected chi connectivity index (χ2v) is 10.6. The molecule has 2 N–H and O–H groups in total. The van der Waals surface area contributed by atoms with Crippen molar-refractivity contribution in [3.05, 3.63) is 69.9 Å². The van der Waals surface area contributed by atoms with Crippen molar-refractivity contribution in [2.24, 2.45) is 0 Å². The van der Waals surface area contributed by atoms with Crippen molar-refractivity contribution < 1.29 is 13.2 Å². The van der Waals surface area contributed by atoms with Gasteiger partial charge in [0.25, 0.3) is 5.56 Å². The number of nitrogens with zero attached hydrogens (tertiary/aromatic N) is 6. The number of benzene rings is 1. The van der Waals surface area contributed by atoms with Crippen molar-refractivity contribution in [3.8, 4) is 11.8 Å². The molecule has 0 unspecified atom stereocenters. The molecule has 9 nitrogen and oxygen atoms in total. The van der Waals surface area contributed by atoms with Crippen molar-refractivity contribution in [3.63, 3.8) is 0 Å². The van der Waals surface area contributed by atoms with E-state index in [1.165, 1.54) is 29.6 Å². The molecule has 0 atom stereocenters. The van der Waals surface area contributed by atoms with E-state index in [9.17, 15) is 23.2 Å². The van der Waals surface area contributed by atoms with E-state index in [1.54, 1.807) is 6.07 Å². The zero-order valence-electron chi connectivity index (χ0n) is 21.3. The lowest BCUT2D eigenvalue weighted by atomic mass is 9.85. The molecule has 200 valence electrons. The standard InChI is InChI=1S/C27H25F3N8O/c1-25(2)20-4-3-17(11-16(20)5-10-34-25)35-24-33-13-19-22(36-24)38(37(23(19)39)15-27(28,29)30)18-6-9-32-21(12-18)26(14-31)7-8-26/h3-4,6,9,11-13,34H,5,7-8,10,15H2,1-2H3,(H,33,35,36). The Labute approximate surface area is 221 Å². The van der Waals surface area contributed by atoms with E-state index < -0.39 is 23.7 Å². The summed E-state index contributed by atoms with van der Waals surface area (Å²) in [6.45, 7) is 3.56. The number of nitrogens with one attached hydrogen (secondary N) is 2. The van der Waals surface area contributed by atoms with Crippen LogP contribution in [0.2, 0.25) is 0 Å². The van der Waals surface area contributed by atoms with Crippen LogP contribution in [0, 0.1) is 11.3 Å². The van der Waals surface area contributed by atoms with Crippen molar-refractivity contribution in [2.45, 2.75) is 56.8 Å². The fraction of sp³-hybridized carbons (Fsp3) is 0.370. The summed E-state index contributed by atoms with van der Waals surface area (Å²) in [5, 5.41) is 16.2. The van der Waals surface area contributed by atoms with Crippen molar-refractivity contribution >= 4 is 22.7 Å². The molecular formula is C27H25F3N8O. The number of hydrogen-bond acceptors (Lipinski definition) is 7. The van der Waals surface area contributed by atoms with Gasteiger partial charge in [0.15, 0.2) is 5.65 Å². The maximum Gasteiger partial charge on any atom is 0.408 e. The Kier molecular flexibility index (Phi) is 5.55. The molecule has 4 aromatic rings. The smallest absolute Gasteiger partial charge is 0.324 e. The first-order chi connectivity index (χ1) is 18.5. The molecule has 0 radical (unpaired) electrons. The summed E-state index contributed by atoms with van der Waals surface area (Å²) < 4.78 is 42.4. The average Bonchev–Trinajstić information content (AvgIpc) is 3.64. The van der Waals surface area contributed by atoms with Gasteiger partial charge in [0, 0.05) is 23.6 Å². The maximum absolute atomic E-state index is 13.6. The van der Waals surface area contributed by atoms with E-state index in [1.807, 2.05) is 18.2 Å². The second-order valence-electron chi connectivity index (χ2n) is 10.6. The highest BCUT2D eigenvalue weighted by molar-refractivity contribution is 5.77. The number of fused-ring (bicyclic) bond motifs is 2. The largest absolute Gasteiger partial charge is 0.408 e. The summed E-state index contributed by atoms with van der Waals surface area (Å²) in [5.74, 6) is 0.138. The lowest BCUT2D eigenvalue weighted by Crippen LogP contribution is -2.42. The quantitative estimate of drug-likeness (QED) is 0.394. The zero-order valence-corrected chi connectivity index (χ0v) is 21.3. The minimum Gasteiger partial charge on any atom is -0.324 e. The highest BCUT2D eigenvalue weighted by Crippen LogP contribution is 2.47. The molecular weight excluding hydrogens is 509 g/mol. The van der Waals surface area contributed by atoms with E-state index >= 15 is 0 Å². The van der Waals surface area contributed by atoms with E-state index in [-0.39, 0.29) is 28.2 Å². The fourth-order valence-electron chi connectivity index (χ4n) is 5.25. The minimum absolute atomic E-state index is 0.0176. The van der Waals surface area contributed by atoms with Crippen LogP contribution in [0.15, 0.2) is 47.5 Å². The van der Waals surface area contributed by atoms with Crippen LogP contribution in [0.4, 0.5) is 24.8 Å². The number of anilines is 2. The van der Waals surface area contributed by atoms with Gasteiger partial charge in [-0.05, 0) is 75.0 Å². The predicted octanol–water partition coefficient (Wildman–Crippen LogP) is 4.22. The minimum atomic E-state index is -4.66. The van der Waals surface area contributed by atoms with Crippen molar-refractivity contribution in [1.82, 2.24) is 29.6 Å². The van der Waals surface area contributed by atoms with Crippen LogP contribution in [0.1, 0.15) is 43.5 Å². The highest BCUT2D eigenvalue weighted by atomic mass is 19.4. The molecule has 3 aromatic heterocycles. The van der Waals surface area contributed by atoms with Crippen LogP contribution in [-0.4, -0.2) is 37.0 Å². The Hall–Kier alpha value is -4.24. The molecule has 1 aliphatic carbocycles. The monoisotopic (exact) mass is 534 g/mol. The van der Waals surface area contributed by atoms with Gasteiger partial charge in [-0.15, -0.1) is 0 Å². The third kappa shape index (κ3) is 4.42. The number of aromatic nitrogens is 5. The van der Waals surface area contributed by atoms with Crippen LogP contribution in [0.5, 0.6) is 0 Å². The van der Waals surface area contributed by atoms with Crippen LogP contribution in [0.25, 0.3) is 16.7 Å². The van der Waals surface area contributed by atoms with Gasteiger partial charge in [0.1, 0.15) is 11.9 Å². The normalized spacial score (nSPS) is 17.4. The Morgan fingerprint density at radius 3 is 2.69 bits per heavy atom. The van der Waals surface area contributed by atoms with Gasteiger partial charge in [-0.2, -0.15) is 23.4 Å². The number of alkyl halides is 3. The molecule has 4 heterocycles. The van der Waals surface area contributed by atoms with Crippen molar-refractivity contribution in [1.29, 1.82) is 5.26 Å². The van der Waals surface area contributed by atoms with Gasteiger partial charge in [-0.25, -0.2) is 14.3 Å². The maximum atomic E-state index is 13.6. The lowest BCUT2D eigenvalue weighted by molar-refractivity contribution is -0.144. The van der Waals surface area contributed by atoms with Crippen LogP contribution >= 0.6 is 0 Å². The first-order valence-corrected chi connectivity index (χ1v) is 12.6. The van der Waals surface area contributed by atoms with Crippen LogP contribution in [-0.2, 0) is 23.9 Å². The van der Waals surface area contributed by atoms with Crippen LogP contribution < -0.4 is 16.2 Å². The molecule has 1 aromatic carbocycles. The third-order valence-corrected chi connectivity index (χ3v) is 7.44. The number of nitriles is 1. The molecule has 0 spiro atoms.